The van der Waals surface area contributed by atoms with E-state index in [1.807, 2.05) is 0 Å². The van der Waals surface area contributed by atoms with Crippen LogP contribution in [0.4, 0.5) is 4.39 Å². The average molecular weight is 190 g/mol. The second-order valence-electron chi connectivity index (χ2n) is 2.61. The number of rotatable bonds is 1. The van der Waals surface area contributed by atoms with Crippen LogP contribution in [0, 0.1) is 5.82 Å². The van der Waals surface area contributed by atoms with Gasteiger partial charge in [-0.1, -0.05) is 11.6 Å². The van der Waals surface area contributed by atoms with Crippen LogP contribution in [0.3, 0.4) is 0 Å². The van der Waals surface area contributed by atoms with Gasteiger partial charge < -0.3 is 10.8 Å². The number of aromatic hydroxyl groups is 1. The molecule has 4 heteroatoms. The Morgan fingerprint density at radius 1 is 1.58 bits per heavy atom. The number of hydrogen-bond acceptors (Lipinski definition) is 2. The van der Waals surface area contributed by atoms with E-state index < -0.39 is 11.9 Å². The van der Waals surface area contributed by atoms with Crippen LogP contribution in [0.2, 0.25) is 5.02 Å². The summed E-state index contributed by atoms with van der Waals surface area (Å²) < 4.78 is 12.8. The van der Waals surface area contributed by atoms with Gasteiger partial charge in [0.1, 0.15) is 11.6 Å². The van der Waals surface area contributed by atoms with Crippen LogP contribution in [0.1, 0.15) is 18.5 Å². The predicted molar refractivity (Wildman–Crippen MR) is 45.7 cm³/mol. The van der Waals surface area contributed by atoms with Crippen LogP contribution < -0.4 is 5.73 Å². The molecule has 1 aromatic rings. The lowest BCUT2D eigenvalue weighted by Crippen LogP contribution is -2.05. The van der Waals surface area contributed by atoms with Crippen molar-refractivity contribution in [3.8, 4) is 5.75 Å². The van der Waals surface area contributed by atoms with Crippen molar-refractivity contribution < 1.29 is 9.50 Å². The number of benzene rings is 1. The summed E-state index contributed by atoms with van der Waals surface area (Å²) in [6, 6.07) is 1.88. The monoisotopic (exact) mass is 189 g/mol. The summed E-state index contributed by atoms with van der Waals surface area (Å²) in [5.41, 5.74) is 5.82. The minimum Gasteiger partial charge on any atom is -0.508 e. The maximum Gasteiger partial charge on any atom is 0.142 e. The number of halogens is 2. The molecule has 66 valence electrons. The van der Waals surface area contributed by atoms with E-state index in [0.717, 1.165) is 12.1 Å². The Hall–Kier alpha value is -0.800. The highest BCUT2D eigenvalue weighted by Gasteiger charge is 2.10. The molecule has 0 fully saturated rings. The molecule has 1 atom stereocenters. The molecule has 12 heavy (non-hydrogen) atoms. The molecule has 0 heterocycles. The lowest BCUT2D eigenvalue weighted by molar-refractivity contribution is 0.461. The summed E-state index contributed by atoms with van der Waals surface area (Å²) in [5.74, 6) is -0.641. The van der Waals surface area contributed by atoms with Gasteiger partial charge in [0.25, 0.3) is 0 Å². The van der Waals surface area contributed by atoms with Crippen LogP contribution >= 0.6 is 11.6 Å². The second-order valence-corrected chi connectivity index (χ2v) is 3.02. The summed E-state index contributed by atoms with van der Waals surface area (Å²) in [4.78, 5) is 0. The maximum atomic E-state index is 12.8. The van der Waals surface area contributed by atoms with E-state index in [-0.39, 0.29) is 10.8 Å². The van der Waals surface area contributed by atoms with E-state index in [0.29, 0.717) is 5.56 Å². The number of hydrogen-bond donors (Lipinski definition) is 2. The maximum absolute atomic E-state index is 12.8. The lowest BCUT2D eigenvalue weighted by atomic mass is 10.1. The van der Waals surface area contributed by atoms with Gasteiger partial charge in [0, 0.05) is 17.7 Å². The summed E-state index contributed by atoms with van der Waals surface area (Å²) in [6.07, 6.45) is 0. The largest absolute Gasteiger partial charge is 0.508 e. The number of phenolic OH excluding ortho intramolecular Hbond substituents is 1. The van der Waals surface area contributed by atoms with Crippen LogP contribution in [0.25, 0.3) is 0 Å². The fourth-order valence-corrected chi connectivity index (χ4v) is 1.07. The summed E-state index contributed by atoms with van der Waals surface area (Å²) in [6.45, 7) is 1.66. The molecule has 0 radical (unpaired) electrons. The zero-order valence-electron chi connectivity index (χ0n) is 6.51. The Balaban J connectivity index is 3.23. The first kappa shape index (κ1) is 9.29. The molecule has 0 saturated heterocycles. The second kappa shape index (κ2) is 3.29. The minimum absolute atomic E-state index is 0.0728. The van der Waals surface area contributed by atoms with Gasteiger partial charge in [-0.05, 0) is 13.0 Å². The average Bonchev–Trinajstić information content (AvgIpc) is 1.96. The molecule has 0 saturated carbocycles. The summed E-state index contributed by atoms with van der Waals surface area (Å²) in [7, 11) is 0. The Morgan fingerprint density at radius 2 is 2.17 bits per heavy atom. The fraction of sp³-hybridized carbons (Fsp3) is 0.250. The highest BCUT2D eigenvalue weighted by atomic mass is 35.5. The van der Waals surface area contributed by atoms with Gasteiger partial charge in [-0.25, -0.2) is 4.39 Å². The third kappa shape index (κ3) is 1.68. The first-order chi connectivity index (χ1) is 5.52. The van der Waals surface area contributed by atoms with Crippen LogP contribution in [0.5, 0.6) is 5.75 Å². The quantitative estimate of drug-likeness (QED) is 0.712. The van der Waals surface area contributed by atoms with Crippen molar-refractivity contribution in [2.45, 2.75) is 13.0 Å². The number of nitrogens with two attached hydrogens (primary N) is 1. The van der Waals surface area contributed by atoms with Gasteiger partial charge in [0.2, 0.25) is 0 Å². The molecule has 1 unspecified atom stereocenters. The van der Waals surface area contributed by atoms with Crippen LogP contribution in [-0.2, 0) is 0 Å². The Labute approximate surface area is 74.8 Å². The topological polar surface area (TPSA) is 46.2 Å². The highest BCUT2D eigenvalue weighted by Crippen LogP contribution is 2.28. The van der Waals surface area contributed by atoms with Crippen LogP contribution in [0.15, 0.2) is 12.1 Å². The van der Waals surface area contributed by atoms with Crippen molar-refractivity contribution in [1.29, 1.82) is 0 Å². The zero-order valence-corrected chi connectivity index (χ0v) is 7.27. The van der Waals surface area contributed by atoms with Crippen molar-refractivity contribution in [1.82, 2.24) is 0 Å². The third-order valence-electron chi connectivity index (χ3n) is 1.56. The molecule has 0 aromatic heterocycles. The van der Waals surface area contributed by atoms with Crippen molar-refractivity contribution >= 4 is 11.6 Å². The lowest BCUT2D eigenvalue weighted by Gasteiger charge is -2.08. The van der Waals surface area contributed by atoms with Gasteiger partial charge in [-0.2, -0.15) is 0 Å². The van der Waals surface area contributed by atoms with E-state index in [9.17, 15) is 9.50 Å². The highest BCUT2D eigenvalue weighted by molar-refractivity contribution is 6.30. The Morgan fingerprint density at radius 3 is 2.67 bits per heavy atom. The smallest absolute Gasteiger partial charge is 0.142 e. The molecule has 0 amide bonds. The molecule has 3 N–H and O–H groups in total. The first-order valence-electron chi connectivity index (χ1n) is 3.46. The fourth-order valence-electron chi connectivity index (χ4n) is 0.916. The van der Waals surface area contributed by atoms with Gasteiger partial charge in [0.05, 0.1) is 5.02 Å². The van der Waals surface area contributed by atoms with E-state index >= 15 is 0 Å². The molecule has 0 aliphatic carbocycles. The zero-order chi connectivity index (χ0) is 9.30. The third-order valence-corrected chi connectivity index (χ3v) is 1.85. The standard InChI is InChI=1S/C8H9ClFNO/c1-4(11)5-2-7(10)6(9)3-8(5)12/h2-4,12H,11H2,1H3. The van der Waals surface area contributed by atoms with Gasteiger partial charge >= 0.3 is 0 Å². The van der Waals surface area contributed by atoms with E-state index in [4.69, 9.17) is 17.3 Å². The molecule has 1 aromatic carbocycles. The molecule has 0 bridgehead atoms. The molecule has 2 nitrogen and oxygen atoms in total. The van der Waals surface area contributed by atoms with Crippen molar-refractivity contribution in [2.24, 2.45) is 5.73 Å². The molecule has 0 aliphatic heterocycles. The van der Waals surface area contributed by atoms with Gasteiger partial charge in [-0.15, -0.1) is 0 Å². The molecule has 0 spiro atoms. The Bertz CT molecular complexity index is 301. The van der Waals surface area contributed by atoms with E-state index in [1.165, 1.54) is 0 Å². The molecule has 0 aliphatic rings. The van der Waals surface area contributed by atoms with Crippen molar-refractivity contribution in [2.75, 3.05) is 0 Å². The normalized spacial score (nSPS) is 13.0. The van der Waals surface area contributed by atoms with Crippen molar-refractivity contribution in [3.05, 3.63) is 28.5 Å². The minimum atomic E-state index is -0.568. The van der Waals surface area contributed by atoms with Gasteiger partial charge in [-0.3, -0.25) is 0 Å². The molecule has 1 rings (SSSR count). The number of phenols is 1. The summed E-state index contributed by atoms with van der Waals surface area (Å²) in [5, 5.41) is 9.16. The first-order valence-corrected chi connectivity index (χ1v) is 3.83. The SMILES string of the molecule is CC(N)c1cc(F)c(Cl)cc1O. The van der Waals surface area contributed by atoms with Crippen molar-refractivity contribution in [3.63, 3.8) is 0 Å². The van der Waals surface area contributed by atoms with E-state index in [2.05, 4.69) is 0 Å². The van der Waals surface area contributed by atoms with Gasteiger partial charge in [0.15, 0.2) is 0 Å². The van der Waals surface area contributed by atoms with E-state index in [1.54, 1.807) is 6.92 Å². The Kier molecular flexibility index (Phi) is 2.55. The molecular formula is C8H9ClFNO. The van der Waals surface area contributed by atoms with Crippen LogP contribution in [-0.4, -0.2) is 5.11 Å². The molecular weight excluding hydrogens is 181 g/mol. The predicted octanol–water partition coefficient (Wildman–Crippen LogP) is 2.20. The summed E-state index contributed by atoms with van der Waals surface area (Å²) >= 11 is 5.41.